The van der Waals surface area contributed by atoms with Gasteiger partial charge in [-0.05, 0) is 47.1 Å². The molecule has 94 valence electrons. The molecule has 0 spiro atoms. The molecule has 0 bridgehead atoms. The zero-order valence-corrected chi connectivity index (χ0v) is 10.5. The van der Waals surface area contributed by atoms with E-state index in [1.54, 1.807) is 20.8 Å². The minimum atomic E-state index is -0.565. The Balaban J connectivity index is 4.19. The summed E-state index contributed by atoms with van der Waals surface area (Å²) in [5.41, 5.74) is 4.80. The number of carbonyl (C=O) groups is 2. The van der Waals surface area contributed by atoms with Gasteiger partial charge in [0.15, 0.2) is 5.78 Å². The maximum atomic E-state index is 11.4. The lowest BCUT2D eigenvalue weighted by Gasteiger charge is -2.22. The standard InChI is InChI=1S/C11H22N2O3/c1-8(14)9(6-5-7-12)13-10(15)16-11(2,3)4/h9H,5-7,12H2,1-4H3,(H,13,15). The molecule has 0 saturated carbocycles. The summed E-state index contributed by atoms with van der Waals surface area (Å²) in [5, 5.41) is 2.54. The average Bonchev–Trinajstić information content (AvgIpc) is 2.08. The third-order valence-corrected chi connectivity index (χ3v) is 1.88. The molecule has 16 heavy (non-hydrogen) atoms. The average molecular weight is 230 g/mol. The molecule has 0 aliphatic carbocycles. The van der Waals surface area contributed by atoms with E-state index in [0.29, 0.717) is 19.4 Å². The third-order valence-electron chi connectivity index (χ3n) is 1.88. The molecule has 0 aliphatic heterocycles. The highest BCUT2D eigenvalue weighted by Gasteiger charge is 2.21. The molecule has 0 radical (unpaired) electrons. The van der Waals surface area contributed by atoms with Crippen LogP contribution < -0.4 is 11.1 Å². The van der Waals surface area contributed by atoms with E-state index in [2.05, 4.69) is 5.32 Å². The van der Waals surface area contributed by atoms with Gasteiger partial charge in [0, 0.05) is 0 Å². The minimum Gasteiger partial charge on any atom is -0.444 e. The van der Waals surface area contributed by atoms with Crippen molar-refractivity contribution in [3.8, 4) is 0 Å². The van der Waals surface area contributed by atoms with Gasteiger partial charge in [0.1, 0.15) is 5.60 Å². The fraction of sp³-hybridized carbons (Fsp3) is 0.818. The van der Waals surface area contributed by atoms with Gasteiger partial charge in [-0.2, -0.15) is 0 Å². The topological polar surface area (TPSA) is 81.4 Å². The van der Waals surface area contributed by atoms with E-state index >= 15 is 0 Å². The number of nitrogens with two attached hydrogens (primary N) is 1. The quantitative estimate of drug-likeness (QED) is 0.743. The predicted molar refractivity (Wildman–Crippen MR) is 62.1 cm³/mol. The summed E-state index contributed by atoms with van der Waals surface area (Å²) in [4.78, 5) is 22.7. The van der Waals surface area contributed by atoms with Crippen molar-refractivity contribution < 1.29 is 14.3 Å². The molecular formula is C11H22N2O3. The summed E-state index contributed by atoms with van der Waals surface area (Å²) < 4.78 is 5.06. The number of hydrogen-bond donors (Lipinski definition) is 2. The van der Waals surface area contributed by atoms with Crippen LogP contribution in [0.25, 0.3) is 0 Å². The first-order valence-electron chi connectivity index (χ1n) is 5.46. The van der Waals surface area contributed by atoms with Crippen molar-refractivity contribution in [2.45, 2.75) is 52.2 Å². The second kappa shape index (κ2) is 6.48. The molecule has 0 aromatic heterocycles. The summed E-state index contributed by atoms with van der Waals surface area (Å²) in [6.07, 6.45) is 0.676. The number of alkyl carbamates (subject to hydrolysis) is 1. The molecule has 0 aromatic carbocycles. The normalized spacial score (nSPS) is 13.1. The van der Waals surface area contributed by atoms with Crippen molar-refractivity contribution in [3.05, 3.63) is 0 Å². The summed E-state index contributed by atoms with van der Waals surface area (Å²) in [7, 11) is 0. The molecule has 0 fully saturated rings. The van der Waals surface area contributed by atoms with Gasteiger partial charge in [-0.3, -0.25) is 4.79 Å². The Hall–Kier alpha value is -1.10. The van der Waals surface area contributed by atoms with Gasteiger partial charge in [-0.1, -0.05) is 0 Å². The molecule has 0 saturated heterocycles. The third kappa shape index (κ3) is 7.23. The van der Waals surface area contributed by atoms with E-state index < -0.39 is 17.7 Å². The number of nitrogens with one attached hydrogen (secondary N) is 1. The van der Waals surface area contributed by atoms with Crippen LogP contribution in [0.15, 0.2) is 0 Å². The van der Waals surface area contributed by atoms with Crippen LogP contribution in [0.1, 0.15) is 40.5 Å². The van der Waals surface area contributed by atoms with Gasteiger partial charge in [0.2, 0.25) is 0 Å². The van der Waals surface area contributed by atoms with E-state index in [1.165, 1.54) is 6.92 Å². The van der Waals surface area contributed by atoms with E-state index in [0.717, 1.165) is 0 Å². The molecule has 0 aliphatic rings. The monoisotopic (exact) mass is 230 g/mol. The molecule has 5 heteroatoms. The van der Waals surface area contributed by atoms with Gasteiger partial charge in [-0.25, -0.2) is 4.79 Å². The van der Waals surface area contributed by atoms with E-state index in [1.807, 2.05) is 0 Å². The Bertz CT molecular complexity index is 246. The number of ether oxygens (including phenoxy) is 1. The molecular weight excluding hydrogens is 208 g/mol. The Morgan fingerprint density at radius 2 is 1.94 bits per heavy atom. The Labute approximate surface area is 96.7 Å². The van der Waals surface area contributed by atoms with E-state index in [9.17, 15) is 9.59 Å². The largest absolute Gasteiger partial charge is 0.444 e. The molecule has 0 rings (SSSR count). The zero-order chi connectivity index (χ0) is 12.8. The van der Waals surface area contributed by atoms with Crippen LogP contribution in [0.5, 0.6) is 0 Å². The lowest BCUT2D eigenvalue weighted by atomic mass is 10.1. The summed E-state index contributed by atoms with van der Waals surface area (Å²) in [5.74, 6) is -0.0840. The van der Waals surface area contributed by atoms with Crippen LogP contribution in [-0.2, 0) is 9.53 Å². The summed E-state index contributed by atoms with van der Waals surface area (Å²) in [6.45, 7) is 7.26. The fourth-order valence-corrected chi connectivity index (χ4v) is 1.15. The molecule has 0 heterocycles. The van der Waals surface area contributed by atoms with Gasteiger partial charge in [0.25, 0.3) is 0 Å². The van der Waals surface area contributed by atoms with Gasteiger partial charge in [0.05, 0.1) is 6.04 Å². The number of amides is 1. The molecule has 0 aromatic rings. The van der Waals surface area contributed by atoms with E-state index in [4.69, 9.17) is 10.5 Å². The number of carbonyl (C=O) groups excluding carboxylic acids is 2. The van der Waals surface area contributed by atoms with Gasteiger partial charge in [-0.15, -0.1) is 0 Å². The minimum absolute atomic E-state index is 0.0840. The van der Waals surface area contributed by atoms with Crippen LogP contribution in [0, 0.1) is 0 Å². The SMILES string of the molecule is CC(=O)C(CCCN)NC(=O)OC(C)(C)C. The lowest BCUT2D eigenvalue weighted by molar-refractivity contribution is -0.119. The van der Waals surface area contributed by atoms with Crippen LogP contribution >= 0.6 is 0 Å². The fourth-order valence-electron chi connectivity index (χ4n) is 1.15. The maximum absolute atomic E-state index is 11.4. The molecule has 5 nitrogen and oxygen atoms in total. The van der Waals surface area contributed by atoms with Crippen LogP contribution in [0.2, 0.25) is 0 Å². The van der Waals surface area contributed by atoms with Crippen molar-refractivity contribution in [1.29, 1.82) is 0 Å². The highest BCUT2D eigenvalue weighted by molar-refractivity contribution is 5.85. The Morgan fingerprint density at radius 3 is 2.31 bits per heavy atom. The second-order valence-electron chi connectivity index (χ2n) is 4.74. The molecule has 1 amide bonds. The number of hydrogen-bond acceptors (Lipinski definition) is 4. The predicted octanol–water partition coefficient (Wildman–Crippen LogP) is 1.21. The first kappa shape index (κ1) is 14.9. The summed E-state index contributed by atoms with van der Waals surface area (Å²) >= 11 is 0. The highest BCUT2D eigenvalue weighted by Crippen LogP contribution is 2.07. The van der Waals surface area contributed by atoms with Crippen LogP contribution in [0.4, 0.5) is 4.79 Å². The smallest absolute Gasteiger partial charge is 0.408 e. The highest BCUT2D eigenvalue weighted by atomic mass is 16.6. The molecule has 1 unspecified atom stereocenters. The van der Waals surface area contributed by atoms with Crippen molar-refractivity contribution >= 4 is 11.9 Å². The van der Waals surface area contributed by atoms with Gasteiger partial charge < -0.3 is 15.8 Å². The zero-order valence-electron chi connectivity index (χ0n) is 10.5. The lowest BCUT2D eigenvalue weighted by Crippen LogP contribution is -2.42. The summed E-state index contributed by atoms with van der Waals surface area (Å²) in [6, 6.07) is -0.501. The van der Waals surface area contributed by atoms with Crippen molar-refractivity contribution in [2.75, 3.05) is 6.54 Å². The first-order valence-corrected chi connectivity index (χ1v) is 5.46. The number of rotatable bonds is 5. The number of Topliss-reactive ketones (excluding diaryl/α,β-unsaturated/α-hetero) is 1. The van der Waals surface area contributed by atoms with Crippen LogP contribution in [-0.4, -0.2) is 30.1 Å². The van der Waals surface area contributed by atoms with Crippen LogP contribution in [0.3, 0.4) is 0 Å². The Kier molecular flexibility index (Phi) is 6.03. The van der Waals surface area contributed by atoms with E-state index in [-0.39, 0.29) is 5.78 Å². The second-order valence-corrected chi connectivity index (χ2v) is 4.74. The molecule has 1 atom stereocenters. The first-order chi connectivity index (χ1) is 7.26. The Morgan fingerprint density at radius 1 is 1.38 bits per heavy atom. The number of ketones is 1. The van der Waals surface area contributed by atoms with Crippen molar-refractivity contribution in [1.82, 2.24) is 5.32 Å². The van der Waals surface area contributed by atoms with Gasteiger partial charge >= 0.3 is 6.09 Å². The molecule has 3 N–H and O–H groups in total. The maximum Gasteiger partial charge on any atom is 0.408 e. The van der Waals surface area contributed by atoms with Crippen molar-refractivity contribution in [2.24, 2.45) is 5.73 Å². The van der Waals surface area contributed by atoms with Crippen molar-refractivity contribution in [3.63, 3.8) is 0 Å².